The topological polar surface area (TPSA) is 27.7 Å². The first-order chi connectivity index (χ1) is 7.36. The van der Waals surface area contributed by atoms with Crippen LogP contribution in [0.4, 0.5) is 0 Å². The normalized spacial score (nSPS) is 9.25. The maximum atomic E-state index is 8.74. The SMILES string of the molecule is CCCCCCC[n+]1cccc(C#N)c1.[Br-]. The second kappa shape index (κ2) is 9.35. The summed E-state index contributed by atoms with van der Waals surface area (Å²) in [5.74, 6) is 0. The second-order valence-corrected chi connectivity index (χ2v) is 3.86. The Balaban J connectivity index is 0.00000225. The molecule has 0 bridgehead atoms. The van der Waals surface area contributed by atoms with Crippen LogP contribution in [0.2, 0.25) is 0 Å². The highest BCUT2D eigenvalue weighted by Crippen LogP contribution is 2.02. The zero-order valence-electron chi connectivity index (χ0n) is 9.82. The number of pyridine rings is 1. The monoisotopic (exact) mass is 282 g/mol. The van der Waals surface area contributed by atoms with E-state index in [0.717, 1.165) is 12.1 Å². The molecule has 1 aromatic heterocycles. The molecule has 0 aliphatic carbocycles. The highest BCUT2D eigenvalue weighted by atomic mass is 79.9. The third-order valence-corrected chi connectivity index (χ3v) is 2.51. The maximum Gasteiger partial charge on any atom is 0.186 e. The van der Waals surface area contributed by atoms with E-state index < -0.39 is 0 Å². The number of hydrogen-bond donors (Lipinski definition) is 0. The average Bonchev–Trinajstić information content (AvgIpc) is 2.29. The molecule has 0 fully saturated rings. The van der Waals surface area contributed by atoms with Gasteiger partial charge in [0.25, 0.3) is 0 Å². The van der Waals surface area contributed by atoms with Crippen LogP contribution in [0.25, 0.3) is 0 Å². The summed E-state index contributed by atoms with van der Waals surface area (Å²) in [7, 11) is 0. The molecule has 0 aliphatic heterocycles. The summed E-state index contributed by atoms with van der Waals surface area (Å²) in [6, 6.07) is 5.93. The summed E-state index contributed by atoms with van der Waals surface area (Å²) in [5, 5.41) is 8.74. The molecule has 1 aromatic rings. The van der Waals surface area contributed by atoms with Crippen molar-refractivity contribution in [2.75, 3.05) is 0 Å². The van der Waals surface area contributed by atoms with Crippen molar-refractivity contribution in [1.29, 1.82) is 5.26 Å². The number of unbranched alkanes of at least 4 members (excludes halogenated alkanes) is 4. The molecule has 0 saturated carbocycles. The predicted molar refractivity (Wildman–Crippen MR) is 60.1 cm³/mol. The van der Waals surface area contributed by atoms with Gasteiger partial charge in [0.05, 0.1) is 0 Å². The molecule has 0 aromatic carbocycles. The molecule has 0 atom stereocenters. The first-order valence-corrected chi connectivity index (χ1v) is 5.76. The van der Waals surface area contributed by atoms with Gasteiger partial charge in [0.2, 0.25) is 0 Å². The average molecular weight is 283 g/mol. The summed E-state index contributed by atoms with van der Waals surface area (Å²) in [4.78, 5) is 0. The molecule has 0 amide bonds. The third kappa shape index (κ3) is 5.87. The third-order valence-electron chi connectivity index (χ3n) is 2.51. The largest absolute Gasteiger partial charge is 1.00 e. The summed E-state index contributed by atoms with van der Waals surface area (Å²) in [6.45, 7) is 3.25. The van der Waals surface area contributed by atoms with E-state index in [4.69, 9.17) is 5.26 Å². The lowest BCUT2D eigenvalue weighted by Crippen LogP contribution is -3.00. The van der Waals surface area contributed by atoms with E-state index in [0.29, 0.717) is 0 Å². The number of nitriles is 1. The Morgan fingerprint density at radius 2 is 2.00 bits per heavy atom. The molecule has 3 heteroatoms. The van der Waals surface area contributed by atoms with Gasteiger partial charge in [0, 0.05) is 12.5 Å². The van der Waals surface area contributed by atoms with Gasteiger partial charge in [0.1, 0.15) is 18.2 Å². The van der Waals surface area contributed by atoms with Crippen molar-refractivity contribution >= 4 is 0 Å². The number of aromatic nitrogens is 1. The van der Waals surface area contributed by atoms with Gasteiger partial charge in [0.15, 0.2) is 12.4 Å². The van der Waals surface area contributed by atoms with Crippen LogP contribution in [0.1, 0.15) is 44.6 Å². The van der Waals surface area contributed by atoms with Crippen LogP contribution in [-0.4, -0.2) is 0 Å². The lowest BCUT2D eigenvalue weighted by molar-refractivity contribution is -0.697. The summed E-state index contributed by atoms with van der Waals surface area (Å²) >= 11 is 0. The molecule has 88 valence electrons. The molecule has 0 unspecified atom stereocenters. The van der Waals surface area contributed by atoms with E-state index in [2.05, 4.69) is 17.6 Å². The van der Waals surface area contributed by atoms with E-state index >= 15 is 0 Å². The van der Waals surface area contributed by atoms with Gasteiger partial charge in [-0.25, -0.2) is 4.57 Å². The van der Waals surface area contributed by atoms with E-state index in [1.54, 1.807) is 0 Å². The fraction of sp³-hybridized carbons (Fsp3) is 0.538. The van der Waals surface area contributed by atoms with E-state index in [9.17, 15) is 0 Å². The Kier molecular flexibility index (Phi) is 8.84. The summed E-state index contributed by atoms with van der Waals surface area (Å²) in [6.07, 6.45) is 10.4. The van der Waals surface area contributed by atoms with Crippen molar-refractivity contribution < 1.29 is 21.5 Å². The summed E-state index contributed by atoms with van der Waals surface area (Å²) in [5.41, 5.74) is 0.742. The summed E-state index contributed by atoms with van der Waals surface area (Å²) < 4.78 is 2.10. The minimum absolute atomic E-state index is 0. The lowest BCUT2D eigenvalue weighted by atomic mass is 10.1. The number of halogens is 1. The number of hydrogen-bond acceptors (Lipinski definition) is 1. The molecule has 16 heavy (non-hydrogen) atoms. The lowest BCUT2D eigenvalue weighted by Gasteiger charge is -1.97. The van der Waals surface area contributed by atoms with Crippen molar-refractivity contribution in [1.82, 2.24) is 0 Å². The quantitative estimate of drug-likeness (QED) is 0.526. The Morgan fingerprint density at radius 3 is 2.69 bits per heavy atom. The van der Waals surface area contributed by atoms with Crippen molar-refractivity contribution in [3.8, 4) is 6.07 Å². The molecule has 0 aliphatic rings. The van der Waals surface area contributed by atoms with E-state index in [1.165, 1.54) is 32.1 Å². The fourth-order valence-corrected chi connectivity index (χ4v) is 1.63. The van der Waals surface area contributed by atoms with Gasteiger partial charge in [-0.2, -0.15) is 5.26 Å². The van der Waals surface area contributed by atoms with Crippen molar-refractivity contribution in [3.05, 3.63) is 30.1 Å². The minimum atomic E-state index is 0. The molecular weight excluding hydrogens is 264 g/mol. The Hall–Kier alpha value is -0.880. The first-order valence-electron chi connectivity index (χ1n) is 5.76. The molecule has 0 N–H and O–H groups in total. The Morgan fingerprint density at radius 1 is 1.25 bits per heavy atom. The number of aryl methyl sites for hydroxylation is 1. The van der Waals surface area contributed by atoms with Crippen LogP contribution in [0.5, 0.6) is 0 Å². The van der Waals surface area contributed by atoms with Gasteiger partial charge in [-0.3, -0.25) is 0 Å². The van der Waals surface area contributed by atoms with Gasteiger partial charge < -0.3 is 17.0 Å². The Bertz CT molecular complexity index is 331. The molecule has 1 rings (SSSR count). The fourth-order valence-electron chi connectivity index (χ4n) is 1.63. The van der Waals surface area contributed by atoms with Crippen LogP contribution in [0.15, 0.2) is 24.5 Å². The van der Waals surface area contributed by atoms with Crippen LogP contribution in [0, 0.1) is 11.3 Å². The smallest absolute Gasteiger partial charge is 0.186 e. The van der Waals surface area contributed by atoms with Crippen LogP contribution in [0.3, 0.4) is 0 Å². The van der Waals surface area contributed by atoms with Gasteiger partial charge >= 0.3 is 0 Å². The maximum absolute atomic E-state index is 8.74. The van der Waals surface area contributed by atoms with Crippen molar-refractivity contribution in [3.63, 3.8) is 0 Å². The molecule has 0 radical (unpaired) electrons. The zero-order chi connectivity index (χ0) is 10.9. The minimum Gasteiger partial charge on any atom is -1.00 e. The highest BCUT2D eigenvalue weighted by molar-refractivity contribution is 5.21. The van der Waals surface area contributed by atoms with Gasteiger partial charge in [-0.15, -0.1) is 0 Å². The zero-order valence-corrected chi connectivity index (χ0v) is 11.4. The van der Waals surface area contributed by atoms with Crippen LogP contribution in [-0.2, 0) is 6.54 Å². The molecule has 0 saturated heterocycles. The standard InChI is InChI=1S/C13H19N2.BrH/c1-2-3-4-5-6-9-15-10-7-8-13(11-14)12-15;/h7-8,10,12H,2-6,9H2,1H3;1H/q+1;/p-1. The number of rotatable bonds is 6. The number of nitrogens with zero attached hydrogens (tertiary/aromatic N) is 2. The van der Waals surface area contributed by atoms with Crippen LogP contribution >= 0.6 is 0 Å². The van der Waals surface area contributed by atoms with Gasteiger partial charge in [-0.1, -0.05) is 26.2 Å². The van der Waals surface area contributed by atoms with Crippen molar-refractivity contribution in [2.24, 2.45) is 0 Å². The molecule has 0 spiro atoms. The van der Waals surface area contributed by atoms with E-state index in [-0.39, 0.29) is 17.0 Å². The van der Waals surface area contributed by atoms with E-state index in [1.807, 2.05) is 24.5 Å². The highest BCUT2D eigenvalue weighted by Gasteiger charge is 2.01. The van der Waals surface area contributed by atoms with Gasteiger partial charge in [-0.05, 0) is 12.5 Å². The van der Waals surface area contributed by atoms with Crippen molar-refractivity contribution in [2.45, 2.75) is 45.6 Å². The predicted octanol–water partition coefficient (Wildman–Crippen LogP) is -0.180. The second-order valence-electron chi connectivity index (χ2n) is 3.86. The molecular formula is C13H19BrN2. The molecule has 2 nitrogen and oxygen atoms in total. The molecule has 1 heterocycles. The Labute approximate surface area is 109 Å². The van der Waals surface area contributed by atoms with Crippen LogP contribution < -0.4 is 21.5 Å². The first kappa shape index (κ1) is 15.1.